The lowest BCUT2D eigenvalue weighted by atomic mass is 10.0. The van der Waals surface area contributed by atoms with Crippen LogP contribution in [0.4, 0.5) is 0 Å². The van der Waals surface area contributed by atoms with Gasteiger partial charge < -0.3 is 16.7 Å². The lowest BCUT2D eigenvalue weighted by molar-refractivity contribution is 0.0906. The van der Waals surface area contributed by atoms with Crippen LogP contribution in [0.25, 0.3) is 0 Å². The predicted molar refractivity (Wildman–Crippen MR) is 122 cm³/mol. The number of hydrogen-bond acceptors (Lipinski definition) is 8. The van der Waals surface area contributed by atoms with Crippen LogP contribution in [0.3, 0.4) is 0 Å². The quantitative estimate of drug-likeness (QED) is 0.149. The van der Waals surface area contributed by atoms with Gasteiger partial charge in [0.1, 0.15) is 0 Å². The molecule has 0 aliphatic heterocycles. The normalized spacial score (nSPS) is 15.1. The van der Waals surface area contributed by atoms with Crippen LogP contribution >= 0.6 is 48.2 Å². The van der Waals surface area contributed by atoms with Gasteiger partial charge in [-0.25, -0.2) is 0 Å². The fourth-order valence-corrected chi connectivity index (χ4v) is 4.18. The average molecular weight is 447 g/mol. The molecule has 0 saturated heterocycles. The minimum Gasteiger partial charge on any atom is -0.315 e. The first-order chi connectivity index (χ1) is 12.7. The summed E-state index contributed by atoms with van der Waals surface area (Å²) in [6, 6.07) is 0. The first-order valence-electron chi connectivity index (χ1n) is 9.80. The van der Waals surface area contributed by atoms with Crippen molar-refractivity contribution in [3.05, 3.63) is 0 Å². The van der Waals surface area contributed by atoms with Crippen molar-refractivity contribution < 1.29 is 16.7 Å². The van der Waals surface area contributed by atoms with Crippen LogP contribution in [0.15, 0.2) is 0 Å². The Morgan fingerprint density at radius 1 is 0.615 bits per heavy atom. The molecule has 0 rings (SSSR count). The van der Waals surface area contributed by atoms with Crippen molar-refractivity contribution in [2.24, 2.45) is 0 Å². The minimum atomic E-state index is 0.149. The monoisotopic (exact) mass is 446 g/mol. The molecule has 0 aromatic heterocycles. The van der Waals surface area contributed by atoms with Crippen molar-refractivity contribution in [3.8, 4) is 0 Å². The van der Waals surface area contributed by atoms with E-state index in [1.54, 1.807) is 36.1 Å². The maximum Gasteiger partial charge on any atom is 0.0772 e. The Kier molecular flexibility index (Phi) is 22.0. The first-order valence-corrected chi connectivity index (χ1v) is 13.4. The van der Waals surface area contributed by atoms with Gasteiger partial charge in [-0.05, 0) is 67.4 Å². The van der Waals surface area contributed by atoms with Gasteiger partial charge in [0, 0.05) is 35.9 Å². The van der Waals surface area contributed by atoms with Gasteiger partial charge in [-0.1, -0.05) is 34.6 Å². The summed E-state index contributed by atoms with van der Waals surface area (Å²) in [7, 11) is 0. The van der Waals surface area contributed by atoms with Gasteiger partial charge in [0.05, 0.1) is 24.9 Å². The van der Waals surface area contributed by atoms with Gasteiger partial charge in [0.2, 0.25) is 0 Å². The molecule has 3 atom stereocenters. The summed E-state index contributed by atoms with van der Waals surface area (Å²) in [4.78, 5) is 0. The topological polar surface area (TPSA) is 36.9 Å². The van der Waals surface area contributed by atoms with E-state index in [0.29, 0.717) is 0 Å². The highest BCUT2D eigenvalue weighted by molar-refractivity contribution is 7.95. The third-order valence-corrected chi connectivity index (χ3v) is 5.93. The van der Waals surface area contributed by atoms with Crippen LogP contribution in [0.5, 0.6) is 0 Å². The van der Waals surface area contributed by atoms with Gasteiger partial charge in [0.15, 0.2) is 0 Å². The second-order valence-electron chi connectivity index (χ2n) is 5.62. The van der Waals surface area contributed by atoms with Crippen LogP contribution in [-0.2, 0) is 16.7 Å². The molecule has 0 amide bonds. The summed E-state index contributed by atoms with van der Waals surface area (Å²) < 4.78 is 23.5. The van der Waals surface area contributed by atoms with Crippen molar-refractivity contribution in [3.63, 3.8) is 0 Å². The highest BCUT2D eigenvalue weighted by atomic mass is 32.2. The predicted octanol–water partition coefficient (Wildman–Crippen LogP) is 6.80. The van der Waals surface area contributed by atoms with Crippen molar-refractivity contribution in [1.29, 1.82) is 0 Å². The third-order valence-electron chi connectivity index (χ3n) is 3.43. The van der Waals surface area contributed by atoms with E-state index in [4.69, 9.17) is 16.7 Å². The Morgan fingerprint density at radius 2 is 1.12 bits per heavy atom. The second kappa shape index (κ2) is 21.0. The fourth-order valence-electron chi connectivity index (χ4n) is 2.25. The highest BCUT2D eigenvalue weighted by Crippen LogP contribution is 2.26. The number of hydrogen-bond donors (Lipinski definition) is 0. The standard InChI is InChI=1S/C18H38O4S4/c1-6-16(20-24-8-3)14-18(22-26-10-5)15-17(21-25-9-4)12-11-13-19-23-7-2/h16-18H,6-15H2,1-5H3. The molecule has 0 N–H and O–H groups in total. The molecule has 3 unspecified atom stereocenters. The molecule has 158 valence electrons. The first kappa shape index (κ1) is 27.2. The van der Waals surface area contributed by atoms with E-state index < -0.39 is 0 Å². The minimum absolute atomic E-state index is 0.149. The van der Waals surface area contributed by atoms with Crippen LogP contribution < -0.4 is 0 Å². The van der Waals surface area contributed by atoms with E-state index in [1.807, 2.05) is 0 Å². The molecule has 0 aliphatic rings. The summed E-state index contributed by atoms with van der Waals surface area (Å²) in [6.45, 7) is 11.4. The Morgan fingerprint density at radius 3 is 1.65 bits per heavy atom. The molecule has 0 aromatic rings. The van der Waals surface area contributed by atoms with Gasteiger partial charge >= 0.3 is 0 Å². The molecule has 0 heterocycles. The zero-order valence-corrected chi connectivity index (χ0v) is 20.3. The zero-order valence-electron chi connectivity index (χ0n) is 17.1. The summed E-state index contributed by atoms with van der Waals surface area (Å²) in [5.74, 6) is 3.88. The van der Waals surface area contributed by atoms with Crippen LogP contribution in [-0.4, -0.2) is 47.9 Å². The maximum atomic E-state index is 6.06. The van der Waals surface area contributed by atoms with Crippen molar-refractivity contribution in [1.82, 2.24) is 0 Å². The van der Waals surface area contributed by atoms with Gasteiger partial charge in [-0.15, -0.1) is 0 Å². The Balaban J connectivity index is 4.55. The number of rotatable bonds is 20. The van der Waals surface area contributed by atoms with Crippen molar-refractivity contribution >= 4 is 48.2 Å². The van der Waals surface area contributed by atoms with E-state index in [2.05, 4.69) is 34.6 Å². The lowest BCUT2D eigenvalue weighted by Gasteiger charge is -2.25. The average Bonchev–Trinajstić information content (AvgIpc) is 2.66. The molecule has 0 spiro atoms. The summed E-state index contributed by atoms with van der Waals surface area (Å²) in [5, 5.41) is 0. The lowest BCUT2D eigenvalue weighted by Crippen LogP contribution is -2.26. The Labute approximate surface area is 179 Å². The largest absolute Gasteiger partial charge is 0.315 e. The van der Waals surface area contributed by atoms with Gasteiger partial charge in [-0.2, -0.15) is 0 Å². The fraction of sp³-hybridized carbons (Fsp3) is 1.00. The van der Waals surface area contributed by atoms with E-state index >= 15 is 0 Å². The molecule has 0 aliphatic carbocycles. The molecular weight excluding hydrogens is 408 g/mol. The molecule has 4 nitrogen and oxygen atoms in total. The molecule has 0 bridgehead atoms. The second-order valence-corrected chi connectivity index (χ2v) is 9.69. The SMILES string of the molecule is CCSOCCCC(CC(CC(CC)OSCC)OSCC)OSCC. The van der Waals surface area contributed by atoms with E-state index in [-0.39, 0.29) is 18.3 Å². The van der Waals surface area contributed by atoms with Gasteiger partial charge in [0.25, 0.3) is 0 Å². The highest BCUT2D eigenvalue weighted by Gasteiger charge is 2.23. The summed E-state index contributed by atoms with van der Waals surface area (Å²) in [6.07, 6.45) is 5.38. The summed E-state index contributed by atoms with van der Waals surface area (Å²) >= 11 is 6.16. The molecule has 0 fully saturated rings. The van der Waals surface area contributed by atoms with E-state index in [0.717, 1.165) is 61.7 Å². The van der Waals surface area contributed by atoms with Crippen molar-refractivity contribution in [2.75, 3.05) is 29.6 Å². The maximum absolute atomic E-state index is 6.06. The molecule has 0 aromatic carbocycles. The van der Waals surface area contributed by atoms with Crippen LogP contribution in [0.1, 0.15) is 66.7 Å². The molecule has 0 saturated carbocycles. The Bertz CT molecular complexity index is 288. The van der Waals surface area contributed by atoms with Crippen molar-refractivity contribution in [2.45, 2.75) is 85.0 Å². The molecular formula is C18H38O4S4. The molecule has 8 heteroatoms. The zero-order chi connectivity index (χ0) is 19.5. The smallest absolute Gasteiger partial charge is 0.0772 e. The van der Waals surface area contributed by atoms with Crippen LogP contribution in [0, 0.1) is 0 Å². The van der Waals surface area contributed by atoms with E-state index in [1.165, 1.54) is 12.0 Å². The Hall–Kier alpha value is 1.24. The third kappa shape index (κ3) is 16.2. The molecule has 0 radical (unpaired) electrons. The van der Waals surface area contributed by atoms with E-state index in [9.17, 15) is 0 Å². The van der Waals surface area contributed by atoms with Crippen LogP contribution in [0.2, 0.25) is 0 Å². The summed E-state index contributed by atoms with van der Waals surface area (Å²) in [5.41, 5.74) is 0. The van der Waals surface area contributed by atoms with Gasteiger partial charge in [-0.3, -0.25) is 0 Å². The molecule has 26 heavy (non-hydrogen) atoms.